The number of amides is 1. The molecule has 0 fully saturated rings. The molecule has 6 heteroatoms. The van der Waals surface area contributed by atoms with Gasteiger partial charge in [0, 0.05) is 27.9 Å². The first-order valence-electron chi connectivity index (χ1n) is 6.21. The third-order valence-corrected chi connectivity index (χ3v) is 3.61. The number of halogens is 1. The SMILES string of the molecule is Cc1cc(Br)ccc1NC(=O)c1cc([N+](=O)[O-])ccc1C. The summed E-state index contributed by atoms with van der Waals surface area (Å²) >= 11 is 3.36. The zero-order valence-corrected chi connectivity index (χ0v) is 13.1. The molecule has 108 valence electrons. The van der Waals surface area contributed by atoms with E-state index in [1.165, 1.54) is 12.1 Å². The second-order valence-corrected chi connectivity index (χ2v) is 5.59. The number of rotatable bonds is 3. The van der Waals surface area contributed by atoms with E-state index in [1.54, 1.807) is 19.1 Å². The van der Waals surface area contributed by atoms with Crippen LogP contribution in [-0.4, -0.2) is 10.8 Å². The van der Waals surface area contributed by atoms with Gasteiger partial charge in [0.25, 0.3) is 11.6 Å². The Morgan fingerprint density at radius 2 is 1.86 bits per heavy atom. The van der Waals surface area contributed by atoms with Crippen molar-refractivity contribution >= 4 is 33.2 Å². The predicted molar refractivity (Wildman–Crippen MR) is 84.7 cm³/mol. The molecule has 0 aromatic heterocycles. The van der Waals surface area contributed by atoms with Crippen molar-refractivity contribution in [1.82, 2.24) is 0 Å². The van der Waals surface area contributed by atoms with Crippen molar-refractivity contribution in [2.45, 2.75) is 13.8 Å². The molecule has 0 aliphatic heterocycles. The van der Waals surface area contributed by atoms with E-state index in [0.717, 1.165) is 10.0 Å². The molecule has 5 nitrogen and oxygen atoms in total. The van der Waals surface area contributed by atoms with Gasteiger partial charge in [-0.15, -0.1) is 0 Å². The van der Waals surface area contributed by atoms with E-state index in [1.807, 2.05) is 19.1 Å². The average molecular weight is 349 g/mol. The van der Waals surface area contributed by atoms with Gasteiger partial charge in [0.1, 0.15) is 0 Å². The van der Waals surface area contributed by atoms with Gasteiger partial charge in [0.05, 0.1) is 4.92 Å². The number of non-ortho nitro benzene ring substituents is 1. The summed E-state index contributed by atoms with van der Waals surface area (Å²) in [7, 11) is 0. The number of aryl methyl sites for hydroxylation is 2. The molecular weight excluding hydrogens is 336 g/mol. The van der Waals surface area contributed by atoms with Crippen molar-refractivity contribution in [3.05, 3.63) is 67.7 Å². The van der Waals surface area contributed by atoms with Crippen LogP contribution in [-0.2, 0) is 0 Å². The maximum Gasteiger partial charge on any atom is 0.270 e. The van der Waals surface area contributed by atoms with Crippen LogP contribution in [0.2, 0.25) is 0 Å². The fourth-order valence-electron chi connectivity index (χ4n) is 1.93. The van der Waals surface area contributed by atoms with E-state index in [-0.39, 0.29) is 11.6 Å². The Kier molecular flexibility index (Phi) is 4.37. The summed E-state index contributed by atoms with van der Waals surface area (Å²) in [6.07, 6.45) is 0. The van der Waals surface area contributed by atoms with E-state index >= 15 is 0 Å². The Hall–Kier alpha value is -2.21. The Bertz CT molecular complexity index is 729. The highest BCUT2D eigenvalue weighted by Gasteiger charge is 2.15. The summed E-state index contributed by atoms with van der Waals surface area (Å²) in [6.45, 7) is 3.62. The second-order valence-electron chi connectivity index (χ2n) is 4.67. The molecule has 2 rings (SSSR count). The number of hydrogen-bond acceptors (Lipinski definition) is 3. The molecule has 1 amide bonds. The summed E-state index contributed by atoms with van der Waals surface area (Å²) in [5.41, 5.74) is 2.47. The number of hydrogen-bond donors (Lipinski definition) is 1. The number of carbonyl (C=O) groups excluding carboxylic acids is 1. The molecule has 0 heterocycles. The van der Waals surface area contributed by atoms with E-state index in [9.17, 15) is 14.9 Å². The molecule has 0 unspecified atom stereocenters. The van der Waals surface area contributed by atoms with Crippen LogP contribution in [0.5, 0.6) is 0 Å². The molecule has 0 radical (unpaired) electrons. The molecule has 0 saturated heterocycles. The van der Waals surface area contributed by atoms with Crippen molar-refractivity contribution in [2.75, 3.05) is 5.32 Å². The first kappa shape index (κ1) is 15.2. The quantitative estimate of drug-likeness (QED) is 0.666. The molecule has 2 aromatic rings. The highest BCUT2D eigenvalue weighted by molar-refractivity contribution is 9.10. The molecule has 2 aromatic carbocycles. The molecule has 0 aliphatic carbocycles. The molecule has 0 bridgehead atoms. The molecule has 0 atom stereocenters. The lowest BCUT2D eigenvalue weighted by molar-refractivity contribution is -0.384. The molecular formula is C15H13BrN2O3. The van der Waals surface area contributed by atoms with Crippen molar-refractivity contribution in [1.29, 1.82) is 0 Å². The van der Waals surface area contributed by atoms with Gasteiger partial charge in [-0.1, -0.05) is 22.0 Å². The average Bonchev–Trinajstić information content (AvgIpc) is 2.42. The first-order chi connectivity index (χ1) is 9.88. The molecule has 0 aliphatic rings. The van der Waals surface area contributed by atoms with Gasteiger partial charge in [-0.2, -0.15) is 0 Å². The van der Waals surface area contributed by atoms with E-state index in [2.05, 4.69) is 21.2 Å². The highest BCUT2D eigenvalue weighted by Crippen LogP contribution is 2.22. The van der Waals surface area contributed by atoms with Gasteiger partial charge >= 0.3 is 0 Å². The zero-order chi connectivity index (χ0) is 15.6. The molecule has 0 saturated carbocycles. The van der Waals surface area contributed by atoms with Crippen LogP contribution in [0.4, 0.5) is 11.4 Å². The van der Waals surface area contributed by atoms with Crippen LogP contribution < -0.4 is 5.32 Å². The Labute approximate surface area is 130 Å². The van der Waals surface area contributed by atoms with E-state index in [4.69, 9.17) is 0 Å². The Balaban J connectivity index is 2.32. The minimum atomic E-state index is -0.513. The first-order valence-corrected chi connectivity index (χ1v) is 7.00. The van der Waals surface area contributed by atoms with Crippen molar-refractivity contribution < 1.29 is 9.72 Å². The fraction of sp³-hybridized carbons (Fsp3) is 0.133. The van der Waals surface area contributed by atoms with Crippen LogP contribution in [0.25, 0.3) is 0 Å². The van der Waals surface area contributed by atoms with Gasteiger partial charge in [-0.25, -0.2) is 0 Å². The summed E-state index contributed by atoms with van der Waals surface area (Å²) in [6, 6.07) is 9.74. The Morgan fingerprint density at radius 3 is 2.48 bits per heavy atom. The van der Waals surface area contributed by atoms with Crippen LogP contribution in [0.1, 0.15) is 21.5 Å². The number of nitro benzene ring substituents is 1. The monoisotopic (exact) mass is 348 g/mol. The van der Waals surface area contributed by atoms with Crippen LogP contribution >= 0.6 is 15.9 Å². The van der Waals surface area contributed by atoms with Crippen LogP contribution in [0.15, 0.2) is 40.9 Å². The molecule has 1 N–H and O–H groups in total. The largest absolute Gasteiger partial charge is 0.322 e. The lowest BCUT2D eigenvalue weighted by atomic mass is 10.1. The van der Waals surface area contributed by atoms with Gasteiger partial charge < -0.3 is 5.32 Å². The number of benzene rings is 2. The van der Waals surface area contributed by atoms with Gasteiger partial charge in [-0.05, 0) is 43.2 Å². The number of nitrogens with one attached hydrogen (secondary N) is 1. The maximum absolute atomic E-state index is 12.3. The molecule has 0 spiro atoms. The van der Waals surface area contributed by atoms with Gasteiger partial charge in [0.2, 0.25) is 0 Å². The number of carbonyl (C=O) groups is 1. The third-order valence-electron chi connectivity index (χ3n) is 3.11. The third kappa shape index (κ3) is 3.46. The lowest BCUT2D eigenvalue weighted by Gasteiger charge is -2.10. The highest BCUT2D eigenvalue weighted by atomic mass is 79.9. The van der Waals surface area contributed by atoms with Crippen molar-refractivity contribution in [2.24, 2.45) is 0 Å². The summed E-state index contributed by atoms with van der Waals surface area (Å²) in [4.78, 5) is 22.6. The smallest absolute Gasteiger partial charge is 0.270 e. The Morgan fingerprint density at radius 1 is 1.14 bits per heavy atom. The minimum Gasteiger partial charge on any atom is -0.322 e. The van der Waals surface area contributed by atoms with Crippen LogP contribution in [0.3, 0.4) is 0 Å². The lowest BCUT2D eigenvalue weighted by Crippen LogP contribution is -2.14. The number of nitro groups is 1. The normalized spacial score (nSPS) is 10.2. The van der Waals surface area contributed by atoms with E-state index in [0.29, 0.717) is 16.8 Å². The van der Waals surface area contributed by atoms with Gasteiger partial charge in [-0.3, -0.25) is 14.9 Å². The number of nitrogens with zero attached hydrogens (tertiary/aromatic N) is 1. The molecule has 21 heavy (non-hydrogen) atoms. The fourth-order valence-corrected chi connectivity index (χ4v) is 2.40. The topological polar surface area (TPSA) is 72.2 Å². The van der Waals surface area contributed by atoms with Crippen LogP contribution in [0, 0.1) is 24.0 Å². The van der Waals surface area contributed by atoms with Crippen molar-refractivity contribution in [3.8, 4) is 0 Å². The summed E-state index contributed by atoms with van der Waals surface area (Å²) < 4.78 is 0.921. The van der Waals surface area contributed by atoms with E-state index < -0.39 is 4.92 Å². The van der Waals surface area contributed by atoms with Gasteiger partial charge in [0.15, 0.2) is 0 Å². The number of anilines is 1. The predicted octanol–water partition coefficient (Wildman–Crippen LogP) is 4.23. The minimum absolute atomic E-state index is 0.0988. The zero-order valence-electron chi connectivity index (χ0n) is 11.5. The van der Waals surface area contributed by atoms with Crippen molar-refractivity contribution in [3.63, 3.8) is 0 Å². The summed E-state index contributed by atoms with van der Waals surface area (Å²) in [5.74, 6) is -0.360. The maximum atomic E-state index is 12.3. The standard InChI is InChI=1S/C15H13BrN2O3/c1-9-3-5-12(18(20)21)8-13(9)15(19)17-14-6-4-11(16)7-10(14)2/h3-8H,1-2H3,(H,17,19). The summed E-state index contributed by atoms with van der Waals surface area (Å²) in [5, 5.41) is 13.6. The second kappa shape index (κ2) is 6.05.